The van der Waals surface area contributed by atoms with Gasteiger partial charge in [0.15, 0.2) is 5.76 Å². The number of rotatable bonds is 2. The highest BCUT2D eigenvalue weighted by molar-refractivity contribution is 5.58. The Balaban J connectivity index is 2.46. The largest absolute Gasteiger partial charge is 0.458 e. The minimum absolute atomic E-state index is 0.0114. The predicted molar refractivity (Wildman–Crippen MR) is 56.3 cm³/mol. The van der Waals surface area contributed by atoms with Gasteiger partial charge in [-0.25, -0.2) is 4.98 Å². The molecule has 0 saturated heterocycles. The summed E-state index contributed by atoms with van der Waals surface area (Å²) in [6.07, 6.45) is -4.52. The molecule has 0 aliphatic heterocycles. The number of hydrogen-bond donors (Lipinski definition) is 1. The zero-order valence-electron chi connectivity index (χ0n) is 9.21. The highest BCUT2D eigenvalue weighted by Gasteiger charge is 2.58. The van der Waals surface area contributed by atoms with Crippen LogP contribution in [-0.2, 0) is 5.92 Å². The standard InChI is InChI=1S/C11H7F5N2O/c12-10(13,11(14,15)16)7-3-1-2-6(4-7)8-5-18-9(17)19-8/h1-5H,(H2,17,18). The van der Waals surface area contributed by atoms with Gasteiger partial charge >= 0.3 is 12.1 Å². The quantitative estimate of drug-likeness (QED) is 0.854. The molecule has 0 atom stereocenters. The number of nitrogen functional groups attached to an aromatic ring is 1. The number of oxazole rings is 1. The van der Waals surface area contributed by atoms with Crippen molar-refractivity contribution in [3.05, 3.63) is 36.0 Å². The van der Waals surface area contributed by atoms with E-state index in [4.69, 9.17) is 10.2 Å². The summed E-state index contributed by atoms with van der Waals surface area (Å²) in [5, 5.41) is 0. The highest BCUT2D eigenvalue weighted by atomic mass is 19.4. The number of aromatic nitrogens is 1. The Morgan fingerprint density at radius 1 is 1.11 bits per heavy atom. The summed E-state index contributed by atoms with van der Waals surface area (Å²) in [4.78, 5) is 3.53. The van der Waals surface area contributed by atoms with Gasteiger partial charge in [0.25, 0.3) is 6.01 Å². The van der Waals surface area contributed by atoms with Crippen molar-refractivity contribution >= 4 is 6.01 Å². The van der Waals surface area contributed by atoms with Crippen LogP contribution in [0.1, 0.15) is 5.56 Å². The van der Waals surface area contributed by atoms with Gasteiger partial charge < -0.3 is 10.2 Å². The van der Waals surface area contributed by atoms with Crippen molar-refractivity contribution in [1.82, 2.24) is 4.98 Å². The molecule has 19 heavy (non-hydrogen) atoms. The van der Waals surface area contributed by atoms with Crippen molar-refractivity contribution in [3.63, 3.8) is 0 Å². The molecule has 1 heterocycles. The molecule has 0 aliphatic rings. The Hall–Kier alpha value is -2.12. The minimum Gasteiger partial charge on any atom is -0.424 e. The molecule has 3 nitrogen and oxygen atoms in total. The Labute approximate surface area is 103 Å². The average Bonchev–Trinajstić information content (AvgIpc) is 2.75. The number of hydrogen-bond acceptors (Lipinski definition) is 3. The van der Waals surface area contributed by atoms with Crippen LogP contribution in [0.4, 0.5) is 28.0 Å². The van der Waals surface area contributed by atoms with Gasteiger partial charge in [-0.05, 0) is 6.07 Å². The normalized spacial score (nSPS) is 12.7. The summed E-state index contributed by atoms with van der Waals surface area (Å²) in [5.41, 5.74) is 4.06. The third kappa shape index (κ3) is 2.38. The van der Waals surface area contributed by atoms with Gasteiger partial charge in [-0.2, -0.15) is 22.0 Å². The molecular formula is C11H7F5N2O. The summed E-state index contributed by atoms with van der Waals surface area (Å²) >= 11 is 0. The monoisotopic (exact) mass is 278 g/mol. The number of alkyl halides is 5. The Morgan fingerprint density at radius 2 is 1.79 bits per heavy atom. The fraction of sp³-hybridized carbons (Fsp3) is 0.182. The summed E-state index contributed by atoms with van der Waals surface area (Å²) < 4.78 is 68.0. The van der Waals surface area contributed by atoms with Crippen molar-refractivity contribution in [2.45, 2.75) is 12.1 Å². The third-order valence-electron chi connectivity index (χ3n) is 2.39. The van der Waals surface area contributed by atoms with Gasteiger partial charge in [-0.3, -0.25) is 0 Å². The zero-order valence-corrected chi connectivity index (χ0v) is 9.21. The summed E-state index contributed by atoms with van der Waals surface area (Å²) in [7, 11) is 0. The van der Waals surface area contributed by atoms with E-state index >= 15 is 0 Å². The summed E-state index contributed by atoms with van der Waals surface area (Å²) in [5.74, 6) is -4.92. The molecule has 0 unspecified atom stereocenters. The third-order valence-corrected chi connectivity index (χ3v) is 2.39. The topological polar surface area (TPSA) is 52.0 Å². The second-order valence-electron chi connectivity index (χ2n) is 3.72. The molecule has 1 aromatic carbocycles. The summed E-state index contributed by atoms with van der Waals surface area (Å²) in [6, 6.07) is 3.56. The molecule has 0 saturated carbocycles. The Kier molecular flexibility index (Phi) is 2.95. The smallest absolute Gasteiger partial charge is 0.424 e. The molecule has 0 fully saturated rings. The minimum atomic E-state index is -5.66. The van der Waals surface area contributed by atoms with E-state index < -0.39 is 17.7 Å². The van der Waals surface area contributed by atoms with Crippen LogP contribution in [0.25, 0.3) is 11.3 Å². The van der Waals surface area contributed by atoms with E-state index in [0.717, 1.165) is 12.3 Å². The predicted octanol–water partition coefficient (Wildman–Crippen LogP) is 3.58. The van der Waals surface area contributed by atoms with Crippen LogP contribution in [-0.4, -0.2) is 11.2 Å². The highest BCUT2D eigenvalue weighted by Crippen LogP contribution is 2.44. The number of anilines is 1. The first-order chi connectivity index (χ1) is 8.72. The summed E-state index contributed by atoms with van der Waals surface area (Å²) in [6.45, 7) is 0. The Bertz CT molecular complexity index is 591. The molecule has 102 valence electrons. The van der Waals surface area contributed by atoms with Crippen LogP contribution >= 0.6 is 0 Å². The van der Waals surface area contributed by atoms with Gasteiger partial charge in [0.1, 0.15) is 0 Å². The lowest BCUT2D eigenvalue weighted by Gasteiger charge is -2.20. The lowest BCUT2D eigenvalue weighted by atomic mass is 10.0. The lowest BCUT2D eigenvalue weighted by molar-refractivity contribution is -0.289. The maximum atomic E-state index is 13.2. The molecule has 1 aromatic heterocycles. The molecular weight excluding hydrogens is 271 g/mol. The SMILES string of the molecule is Nc1ncc(-c2cccc(C(F)(F)C(F)(F)F)c2)o1. The second kappa shape index (κ2) is 4.22. The lowest BCUT2D eigenvalue weighted by Crippen LogP contribution is -2.33. The van der Waals surface area contributed by atoms with Crippen molar-refractivity contribution in [2.24, 2.45) is 0 Å². The number of benzene rings is 1. The molecule has 2 rings (SSSR count). The maximum absolute atomic E-state index is 13.2. The van der Waals surface area contributed by atoms with Crippen LogP contribution in [0.15, 0.2) is 34.9 Å². The van der Waals surface area contributed by atoms with Gasteiger partial charge in [-0.15, -0.1) is 0 Å². The molecule has 2 N–H and O–H groups in total. The number of nitrogens with two attached hydrogens (primary N) is 1. The number of halogens is 5. The van der Waals surface area contributed by atoms with Crippen molar-refractivity contribution < 1.29 is 26.4 Å². The molecule has 0 spiro atoms. The molecule has 0 aliphatic carbocycles. The first kappa shape index (κ1) is 13.3. The second-order valence-corrected chi connectivity index (χ2v) is 3.72. The van der Waals surface area contributed by atoms with E-state index in [9.17, 15) is 22.0 Å². The van der Waals surface area contributed by atoms with E-state index in [0.29, 0.717) is 12.1 Å². The molecule has 0 amide bonds. The average molecular weight is 278 g/mol. The van der Waals surface area contributed by atoms with Crippen LogP contribution in [0.3, 0.4) is 0 Å². The van der Waals surface area contributed by atoms with Gasteiger partial charge in [0.2, 0.25) is 0 Å². The molecule has 2 aromatic rings. The first-order valence-corrected chi connectivity index (χ1v) is 4.98. The van der Waals surface area contributed by atoms with E-state index in [1.165, 1.54) is 6.07 Å². The molecule has 0 radical (unpaired) electrons. The van der Waals surface area contributed by atoms with Crippen LogP contribution in [0, 0.1) is 0 Å². The van der Waals surface area contributed by atoms with E-state index in [2.05, 4.69) is 4.98 Å². The first-order valence-electron chi connectivity index (χ1n) is 4.98. The maximum Gasteiger partial charge on any atom is 0.458 e. The fourth-order valence-corrected chi connectivity index (χ4v) is 1.45. The number of nitrogens with zero attached hydrogens (tertiary/aromatic N) is 1. The Morgan fingerprint density at radius 3 is 2.32 bits per heavy atom. The van der Waals surface area contributed by atoms with Crippen LogP contribution < -0.4 is 5.73 Å². The van der Waals surface area contributed by atoms with E-state index in [-0.39, 0.29) is 17.3 Å². The van der Waals surface area contributed by atoms with E-state index in [1.807, 2.05) is 0 Å². The van der Waals surface area contributed by atoms with Crippen molar-refractivity contribution in [3.8, 4) is 11.3 Å². The zero-order chi connectivity index (χ0) is 14.3. The molecule has 0 bridgehead atoms. The van der Waals surface area contributed by atoms with Gasteiger partial charge in [-0.1, -0.05) is 18.2 Å². The molecule has 8 heteroatoms. The van der Waals surface area contributed by atoms with Gasteiger partial charge in [0, 0.05) is 11.1 Å². The van der Waals surface area contributed by atoms with Crippen molar-refractivity contribution in [2.75, 3.05) is 5.73 Å². The van der Waals surface area contributed by atoms with Crippen LogP contribution in [0.2, 0.25) is 0 Å². The van der Waals surface area contributed by atoms with Crippen molar-refractivity contribution in [1.29, 1.82) is 0 Å². The van der Waals surface area contributed by atoms with Gasteiger partial charge in [0.05, 0.1) is 6.20 Å². The van der Waals surface area contributed by atoms with E-state index in [1.54, 1.807) is 0 Å². The fourth-order valence-electron chi connectivity index (χ4n) is 1.45. The van der Waals surface area contributed by atoms with Crippen LogP contribution in [0.5, 0.6) is 0 Å².